The van der Waals surface area contributed by atoms with E-state index in [1.807, 2.05) is 35.7 Å². The van der Waals surface area contributed by atoms with Crippen molar-refractivity contribution in [3.8, 4) is 0 Å². The van der Waals surface area contributed by atoms with E-state index in [2.05, 4.69) is 5.32 Å². The fourth-order valence-electron chi connectivity index (χ4n) is 4.85. The van der Waals surface area contributed by atoms with Crippen molar-refractivity contribution in [2.45, 2.75) is 44.8 Å². The number of amides is 4. The zero-order valence-corrected chi connectivity index (χ0v) is 18.0. The Morgan fingerprint density at radius 2 is 1.90 bits per heavy atom. The van der Waals surface area contributed by atoms with Crippen LogP contribution in [0.15, 0.2) is 16.9 Å². The third-order valence-electron chi connectivity index (χ3n) is 6.26. The normalized spacial score (nSPS) is 24.8. The summed E-state index contributed by atoms with van der Waals surface area (Å²) >= 11 is 0. The lowest BCUT2D eigenvalue weighted by Crippen LogP contribution is -2.52. The summed E-state index contributed by atoms with van der Waals surface area (Å²) in [6.45, 7) is 5.22. The molecular formula is C21H29N5O4. The molecule has 4 heterocycles. The van der Waals surface area contributed by atoms with Crippen LogP contribution >= 0.6 is 0 Å². The molecule has 2 atom stereocenters. The number of carbonyl (C=O) groups excluding carboxylic acids is 3. The summed E-state index contributed by atoms with van der Waals surface area (Å²) in [5.41, 5.74) is 0.808. The number of pyridine rings is 1. The largest absolute Gasteiger partial charge is 0.340 e. The van der Waals surface area contributed by atoms with Gasteiger partial charge < -0.3 is 19.7 Å². The summed E-state index contributed by atoms with van der Waals surface area (Å²) in [5.74, 6) is -0.344. The Balaban J connectivity index is 1.51. The van der Waals surface area contributed by atoms with Gasteiger partial charge in [-0.1, -0.05) is 6.07 Å². The van der Waals surface area contributed by atoms with E-state index in [1.165, 1.54) is 0 Å². The predicted octanol–water partition coefficient (Wildman–Crippen LogP) is 0.186. The van der Waals surface area contributed by atoms with Gasteiger partial charge in [-0.25, -0.2) is 4.79 Å². The Labute approximate surface area is 175 Å². The standard InChI is InChI=1S/C21H29N5O4/c1-21(2)19(29)26(20(30)22-21)12-17(27)24-8-13-7-15(11-24)16-6-5-14(10-23(3)4)18(28)25(16)9-13/h5-6,13,15H,7-12H2,1-4H3,(H,22,30)/t13-,15+/m0/s1. The lowest BCUT2D eigenvalue weighted by atomic mass is 9.83. The van der Waals surface area contributed by atoms with Crippen molar-refractivity contribution >= 4 is 17.8 Å². The summed E-state index contributed by atoms with van der Waals surface area (Å²) in [6, 6.07) is 3.38. The first-order valence-corrected chi connectivity index (χ1v) is 10.4. The van der Waals surface area contributed by atoms with Crippen molar-refractivity contribution in [1.29, 1.82) is 0 Å². The summed E-state index contributed by atoms with van der Waals surface area (Å²) < 4.78 is 1.87. The average molecular weight is 415 g/mol. The van der Waals surface area contributed by atoms with Gasteiger partial charge in [-0.05, 0) is 46.3 Å². The number of aromatic nitrogens is 1. The van der Waals surface area contributed by atoms with Gasteiger partial charge in [-0.15, -0.1) is 0 Å². The number of nitrogens with one attached hydrogen (secondary N) is 1. The minimum atomic E-state index is -0.986. The minimum Gasteiger partial charge on any atom is -0.340 e. The Kier molecular flexibility index (Phi) is 4.96. The van der Waals surface area contributed by atoms with E-state index in [-0.39, 0.29) is 35.8 Å². The van der Waals surface area contributed by atoms with Gasteiger partial charge in [0.2, 0.25) is 5.91 Å². The van der Waals surface area contributed by atoms with Crippen molar-refractivity contribution < 1.29 is 14.4 Å². The van der Waals surface area contributed by atoms with Crippen molar-refractivity contribution in [2.75, 3.05) is 33.7 Å². The quantitative estimate of drug-likeness (QED) is 0.709. The maximum Gasteiger partial charge on any atom is 0.325 e. The fraction of sp³-hybridized carbons (Fsp3) is 0.619. The molecule has 0 saturated carbocycles. The Morgan fingerprint density at radius 1 is 1.17 bits per heavy atom. The second-order valence-electron chi connectivity index (χ2n) is 9.48. The molecule has 30 heavy (non-hydrogen) atoms. The molecule has 3 aliphatic heterocycles. The van der Waals surface area contributed by atoms with E-state index in [0.717, 1.165) is 22.6 Å². The zero-order chi connectivity index (χ0) is 21.8. The number of imide groups is 1. The molecule has 0 aliphatic carbocycles. The number of urea groups is 1. The minimum absolute atomic E-state index is 0.0530. The van der Waals surface area contributed by atoms with E-state index in [1.54, 1.807) is 18.7 Å². The number of rotatable bonds is 4. The highest BCUT2D eigenvalue weighted by molar-refractivity contribution is 6.08. The second-order valence-corrected chi connectivity index (χ2v) is 9.48. The molecule has 1 aromatic rings. The molecule has 9 heteroatoms. The highest BCUT2D eigenvalue weighted by Crippen LogP contribution is 2.35. The molecule has 4 rings (SSSR count). The fourth-order valence-corrected chi connectivity index (χ4v) is 4.85. The van der Waals surface area contributed by atoms with Gasteiger partial charge in [0.25, 0.3) is 11.5 Å². The van der Waals surface area contributed by atoms with Crippen LogP contribution in [-0.2, 0) is 22.7 Å². The van der Waals surface area contributed by atoms with E-state index in [4.69, 9.17) is 0 Å². The highest BCUT2D eigenvalue weighted by atomic mass is 16.2. The van der Waals surface area contributed by atoms with Crippen molar-refractivity contribution in [2.24, 2.45) is 5.92 Å². The van der Waals surface area contributed by atoms with Crippen LogP contribution in [0.25, 0.3) is 0 Å². The molecule has 2 saturated heterocycles. The van der Waals surface area contributed by atoms with Crippen LogP contribution in [0.2, 0.25) is 0 Å². The molecule has 0 aromatic carbocycles. The highest BCUT2D eigenvalue weighted by Gasteiger charge is 2.46. The summed E-state index contributed by atoms with van der Waals surface area (Å²) in [6.07, 6.45) is 0.937. The van der Waals surface area contributed by atoms with Gasteiger partial charge in [0.1, 0.15) is 12.1 Å². The van der Waals surface area contributed by atoms with Crippen molar-refractivity contribution in [1.82, 2.24) is 24.6 Å². The van der Waals surface area contributed by atoms with Crippen molar-refractivity contribution in [3.05, 3.63) is 33.7 Å². The van der Waals surface area contributed by atoms with Crippen LogP contribution in [0.3, 0.4) is 0 Å². The van der Waals surface area contributed by atoms with Gasteiger partial charge in [0.15, 0.2) is 0 Å². The molecule has 0 spiro atoms. The topological polar surface area (TPSA) is 95.0 Å². The predicted molar refractivity (Wildman–Crippen MR) is 110 cm³/mol. The maximum absolute atomic E-state index is 12.9. The number of carbonyl (C=O) groups is 3. The SMILES string of the molecule is CN(C)Cc1ccc2n(c1=O)C[C@H]1C[C@@H]2CN(C(=O)CN2C(=O)NC(C)(C)C2=O)C1. The second kappa shape index (κ2) is 7.23. The number of likely N-dealkylation sites (tertiary alicyclic amines) is 1. The molecular weight excluding hydrogens is 386 g/mol. The van der Waals surface area contributed by atoms with E-state index in [0.29, 0.717) is 26.2 Å². The summed E-state index contributed by atoms with van der Waals surface area (Å²) in [7, 11) is 3.88. The van der Waals surface area contributed by atoms with E-state index >= 15 is 0 Å². The van der Waals surface area contributed by atoms with Crippen LogP contribution in [0.1, 0.15) is 37.4 Å². The average Bonchev–Trinajstić information content (AvgIpc) is 2.85. The molecule has 162 valence electrons. The first kappa shape index (κ1) is 20.6. The first-order valence-electron chi connectivity index (χ1n) is 10.4. The van der Waals surface area contributed by atoms with Crippen molar-refractivity contribution in [3.63, 3.8) is 0 Å². The number of hydrogen-bond acceptors (Lipinski definition) is 5. The summed E-state index contributed by atoms with van der Waals surface area (Å²) in [5, 5.41) is 2.60. The van der Waals surface area contributed by atoms with Gasteiger partial charge >= 0.3 is 6.03 Å². The molecule has 2 fully saturated rings. The molecule has 3 aliphatic rings. The number of hydrogen-bond donors (Lipinski definition) is 1. The maximum atomic E-state index is 12.9. The monoisotopic (exact) mass is 415 g/mol. The molecule has 0 radical (unpaired) electrons. The van der Waals surface area contributed by atoms with Gasteiger partial charge in [-0.2, -0.15) is 0 Å². The molecule has 9 nitrogen and oxygen atoms in total. The number of piperidine rings is 1. The summed E-state index contributed by atoms with van der Waals surface area (Å²) in [4.78, 5) is 55.1. The van der Waals surface area contributed by atoms with Gasteiger partial charge in [0, 0.05) is 43.4 Å². The lowest BCUT2D eigenvalue weighted by molar-refractivity contribution is -0.140. The van der Waals surface area contributed by atoms with Crippen LogP contribution in [0.4, 0.5) is 4.79 Å². The van der Waals surface area contributed by atoms with E-state index < -0.39 is 11.6 Å². The lowest BCUT2D eigenvalue weighted by Gasteiger charge is -2.43. The molecule has 0 unspecified atom stereocenters. The number of nitrogens with zero attached hydrogens (tertiary/aromatic N) is 4. The van der Waals surface area contributed by atoms with Crippen LogP contribution < -0.4 is 10.9 Å². The third kappa shape index (κ3) is 3.51. The van der Waals surface area contributed by atoms with E-state index in [9.17, 15) is 19.2 Å². The van der Waals surface area contributed by atoms with Crippen LogP contribution in [0, 0.1) is 5.92 Å². The van der Waals surface area contributed by atoms with Gasteiger partial charge in [0.05, 0.1) is 0 Å². The van der Waals surface area contributed by atoms with Crippen LogP contribution in [-0.4, -0.2) is 76.4 Å². The van der Waals surface area contributed by atoms with Gasteiger partial charge in [-0.3, -0.25) is 19.3 Å². The molecule has 2 bridgehead atoms. The molecule has 1 aromatic heterocycles. The Hall–Kier alpha value is -2.68. The Morgan fingerprint density at radius 3 is 2.53 bits per heavy atom. The Bertz CT molecular complexity index is 967. The molecule has 1 N–H and O–H groups in total. The smallest absolute Gasteiger partial charge is 0.325 e. The molecule has 4 amide bonds. The van der Waals surface area contributed by atoms with Crippen LogP contribution in [0.5, 0.6) is 0 Å². The zero-order valence-electron chi connectivity index (χ0n) is 18.0. The number of fused-ring (bicyclic) bond motifs is 4. The first-order chi connectivity index (χ1) is 14.1. The third-order valence-corrected chi connectivity index (χ3v) is 6.26.